The first-order valence-electron chi connectivity index (χ1n) is 8.76. The molecule has 2 aromatic carbocycles. The lowest BCUT2D eigenvalue weighted by Crippen LogP contribution is -3.00. The minimum absolute atomic E-state index is 0. The van der Waals surface area contributed by atoms with E-state index in [0.29, 0.717) is 0 Å². The van der Waals surface area contributed by atoms with E-state index in [1.54, 1.807) is 0 Å². The van der Waals surface area contributed by atoms with E-state index in [2.05, 4.69) is 74.5 Å². The Morgan fingerprint density at radius 1 is 0.696 bits per heavy atom. The molecule has 0 unspecified atom stereocenters. The molecule has 0 atom stereocenters. The van der Waals surface area contributed by atoms with Crippen molar-refractivity contribution in [2.75, 3.05) is 13.1 Å². The minimum atomic E-state index is 0. The smallest absolute Gasteiger partial charge is 0.133 e. The highest BCUT2D eigenvalue weighted by molar-refractivity contribution is 5.43. The zero-order chi connectivity index (χ0) is 15.7. The van der Waals surface area contributed by atoms with Gasteiger partial charge in [0.05, 0.1) is 13.1 Å². The standard InChI is InChI=1S/C21H30N.ClH/c1-3-5-17-22(18-6-4-2,21-15-11-8-12-16-21)19-20-13-9-7-10-14-20;/h7-16H,3-6,17-19H2,1-2H3;1H/q+1;/p-1. The second-order valence-electron chi connectivity index (χ2n) is 6.28. The number of quaternary nitrogens is 1. The van der Waals surface area contributed by atoms with Crippen molar-refractivity contribution in [3.8, 4) is 0 Å². The highest BCUT2D eigenvalue weighted by atomic mass is 35.5. The van der Waals surface area contributed by atoms with Crippen LogP contribution in [0.25, 0.3) is 0 Å². The molecular formula is C21H30ClN. The Bertz CT molecular complexity index is 516. The predicted octanol–water partition coefficient (Wildman–Crippen LogP) is 2.80. The van der Waals surface area contributed by atoms with Gasteiger partial charge in [-0.2, -0.15) is 0 Å². The Balaban J connectivity index is 0.00000264. The van der Waals surface area contributed by atoms with Crippen LogP contribution in [0.3, 0.4) is 0 Å². The molecule has 0 spiro atoms. The van der Waals surface area contributed by atoms with E-state index in [4.69, 9.17) is 0 Å². The quantitative estimate of drug-likeness (QED) is 0.620. The number of rotatable bonds is 9. The average molecular weight is 332 g/mol. The van der Waals surface area contributed by atoms with Gasteiger partial charge < -0.3 is 12.4 Å². The van der Waals surface area contributed by atoms with Crippen LogP contribution in [0.5, 0.6) is 0 Å². The zero-order valence-corrected chi connectivity index (χ0v) is 15.3. The predicted molar refractivity (Wildman–Crippen MR) is 97.9 cm³/mol. The number of halogens is 1. The lowest BCUT2D eigenvalue weighted by atomic mass is 10.1. The molecule has 1 nitrogen and oxygen atoms in total. The summed E-state index contributed by atoms with van der Waals surface area (Å²) in [6.45, 7) is 8.15. The molecule has 2 heteroatoms. The Morgan fingerprint density at radius 3 is 1.65 bits per heavy atom. The highest BCUT2D eigenvalue weighted by Gasteiger charge is 2.29. The summed E-state index contributed by atoms with van der Waals surface area (Å²) in [7, 11) is 0. The van der Waals surface area contributed by atoms with E-state index in [9.17, 15) is 0 Å². The SMILES string of the molecule is CCCC[N+](CCCC)(Cc1ccccc1)c1ccccc1.[Cl-]. The third-order valence-electron chi connectivity index (χ3n) is 4.51. The lowest BCUT2D eigenvalue weighted by Gasteiger charge is -2.38. The molecule has 0 bridgehead atoms. The van der Waals surface area contributed by atoms with E-state index in [0.717, 1.165) is 11.0 Å². The van der Waals surface area contributed by atoms with Crippen molar-refractivity contribution in [2.45, 2.75) is 46.1 Å². The van der Waals surface area contributed by atoms with Gasteiger partial charge in [-0.15, -0.1) is 0 Å². The molecule has 0 aliphatic rings. The van der Waals surface area contributed by atoms with Gasteiger partial charge in [0, 0.05) is 5.56 Å². The first-order valence-corrected chi connectivity index (χ1v) is 8.76. The number of hydrogen-bond donors (Lipinski definition) is 0. The number of unbranched alkanes of at least 4 members (excludes halogenated alkanes) is 2. The van der Waals surface area contributed by atoms with Crippen molar-refractivity contribution in [3.63, 3.8) is 0 Å². The number of benzene rings is 2. The molecule has 23 heavy (non-hydrogen) atoms. The van der Waals surface area contributed by atoms with Gasteiger partial charge >= 0.3 is 0 Å². The van der Waals surface area contributed by atoms with Gasteiger partial charge in [0.15, 0.2) is 0 Å². The van der Waals surface area contributed by atoms with Gasteiger partial charge in [-0.1, -0.05) is 75.2 Å². The van der Waals surface area contributed by atoms with E-state index in [-0.39, 0.29) is 12.4 Å². The van der Waals surface area contributed by atoms with Crippen molar-refractivity contribution >= 4 is 5.69 Å². The van der Waals surface area contributed by atoms with E-state index >= 15 is 0 Å². The fourth-order valence-corrected chi connectivity index (χ4v) is 3.22. The zero-order valence-electron chi connectivity index (χ0n) is 14.5. The normalized spacial score (nSPS) is 11.0. The number of hydrogen-bond acceptors (Lipinski definition) is 0. The van der Waals surface area contributed by atoms with Gasteiger partial charge in [-0.3, -0.25) is 4.48 Å². The summed E-state index contributed by atoms with van der Waals surface area (Å²) >= 11 is 0. The van der Waals surface area contributed by atoms with Crippen LogP contribution >= 0.6 is 0 Å². The van der Waals surface area contributed by atoms with Crippen molar-refractivity contribution < 1.29 is 12.4 Å². The van der Waals surface area contributed by atoms with Crippen molar-refractivity contribution in [1.29, 1.82) is 0 Å². The molecule has 0 aromatic heterocycles. The van der Waals surface area contributed by atoms with Gasteiger partial charge in [0.1, 0.15) is 12.2 Å². The summed E-state index contributed by atoms with van der Waals surface area (Å²) in [6, 6.07) is 22.1. The fourth-order valence-electron chi connectivity index (χ4n) is 3.22. The maximum Gasteiger partial charge on any atom is 0.133 e. The third kappa shape index (κ3) is 5.67. The summed E-state index contributed by atoms with van der Waals surface area (Å²) in [5.74, 6) is 0. The van der Waals surface area contributed by atoms with Gasteiger partial charge in [-0.05, 0) is 25.0 Å². The van der Waals surface area contributed by atoms with Crippen LogP contribution in [0.4, 0.5) is 5.69 Å². The van der Waals surface area contributed by atoms with Gasteiger partial charge in [0.25, 0.3) is 0 Å². The summed E-state index contributed by atoms with van der Waals surface area (Å²) < 4.78 is 1.09. The number of para-hydroxylation sites is 1. The molecule has 0 saturated carbocycles. The van der Waals surface area contributed by atoms with Crippen LogP contribution in [0.1, 0.15) is 45.1 Å². The van der Waals surface area contributed by atoms with Crippen LogP contribution < -0.4 is 16.9 Å². The Kier molecular flexibility index (Phi) is 8.98. The van der Waals surface area contributed by atoms with Crippen LogP contribution in [0, 0.1) is 0 Å². The molecule has 0 aliphatic heterocycles. The Labute approximate surface area is 148 Å². The van der Waals surface area contributed by atoms with Crippen molar-refractivity contribution in [2.24, 2.45) is 0 Å². The summed E-state index contributed by atoms with van der Waals surface area (Å²) in [5.41, 5.74) is 2.91. The lowest BCUT2D eigenvalue weighted by molar-refractivity contribution is -0.00000470. The minimum Gasteiger partial charge on any atom is -1.00 e. The van der Waals surface area contributed by atoms with Crippen LogP contribution in [-0.2, 0) is 6.54 Å². The maximum absolute atomic E-state index is 2.31. The molecule has 2 aromatic rings. The second kappa shape index (κ2) is 10.5. The molecule has 2 rings (SSSR count). The Hall–Kier alpha value is -1.31. The monoisotopic (exact) mass is 331 g/mol. The van der Waals surface area contributed by atoms with Crippen molar-refractivity contribution in [1.82, 2.24) is 4.48 Å². The third-order valence-corrected chi connectivity index (χ3v) is 4.51. The van der Waals surface area contributed by atoms with E-state index < -0.39 is 0 Å². The molecule has 0 amide bonds. The van der Waals surface area contributed by atoms with Crippen molar-refractivity contribution in [3.05, 3.63) is 66.2 Å². The summed E-state index contributed by atoms with van der Waals surface area (Å²) in [4.78, 5) is 0. The highest BCUT2D eigenvalue weighted by Crippen LogP contribution is 2.28. The maximum atomic E-state index is 2.31. The second-order valence-corrected chi connectivity index (χ2v) is 6.28. The molecule has 0 heterocycles. The molecule has 0 aliphatic carbocycles. The molecule has 126 valence electrons. The van der Waals surface area contributed by atoms with Gasteiger partial charge in [-0.25, -0.2) is 0 Å². The first-order chi connectivity index (χ1) is 10.8. The van der Waals surface area contributed by atoms with Crippen LogP contribution in [0.15, 0.2) is 60.7 Å². The van der Waals surface area contributed by atoms with Crippen LogP contribution in [-0.4, -0.2) is 13.1 Å². The number of nitrogens with zero attached hydrogens (tertiary/aromatic N) is 1. The molecule has 0 saturated heterocycles. The first kappa shape index (κ1) is 19.7. The average Bonchev–Trinajstić information content (AvgIpc) is 2.59. The largest absolute Gasteiger partial charge is 1.00 e. The Morgan fingerprint density at radius 2 is 1.17 bits per heavy atom. The molecular weight excluding hydrogens is 302 g/mol. The van der Waals surface area contributed by atoms with Crippen LogP contribution in [0.2, 0.25) is 0 Å². The molecule has 0 N–H and O–H groups in total. The molecule has 0 fully saturated rings. The summed E-state index contributed by atoms with van der Waals surface area (Å²) in [5, 5.41) is 0. The van der Waals surface area contributed by atoms with E-state index in [1.807, 2.05) is 0 Å². The summed E-state index contributed by atoms with van der Waals surface area (Å²) in [6.07, 6.45) is 5.08. The fraction of sp³-hybridized carbons (Fsp3) is 0.429. The van der Waals surface area contributed by atoms with Gasteiger partial charge in [0.2, 0.25) is 0 Å². The topological polar surface area (TPSA) is 0 Å². The molecule has 0 radical (unpaired) electrons. The van der Waals surface area contributed by atoms with E-state index in [1.165, 1.54) is 50.0 Å².